The number of hydrogen-bond donors (Lipinski definition) is 2. The maximum Gasteiger partial charge on any atom is 0.274 e. The molecule has 0 radical (unpaired) electrons. The SMILES string of the molecule is CC(Cn1ncc2ccccc2c1=O)NC(=O)C1CCCN1. The lowest BCUT2D eigenvalue weighted by atomic mass is 10.2. The molecule has 0 bridgehead atoms. The average Bonchev–Trinajstić information content (AvgIpc) is 3.05. The van der Waals surface area contributed by atoms with Gasteiger partial charge in [0.15, 0.2) is 0 Å². The fourth-order valence-electron chi connectivity index (χ4n) is 2.81. The number of carbonyl (C=O) groups is 1. The summed E-state index contributed by atoms with van der Waals surface area (Å²) in [7, 11) is 0. The number of aromatic nitrogens is 2. The summed E-state index contributed by atoms with van der Waals surface area (Å²) in [5.74, 6) is -0.00108. The molecule has 2 N–H and O–H groups in total. The van der Waals surface area contributed by atoms with Crippen LogP contribution < -0.4 is 16.2 Å². The van der Waals surface area contributed by atoms with Crippen molar-refractivity contribution in [3.8, 4) is 0 Å². The molecule has 6 nitrogen and oxygen atoms in total. The van der Waals surface area contributed by atoms with Crippen LogP contribution in [0.15, 0.2) is 35.3 Å². The van der Waals surface area contributed by atoms with Crippen LogP contribution in [-0.2, 0) is 11.3 Å². The average molecular weight is 300 g/mol. The van der Waals surface area contributed by atoms with Crippen molar-refractivity contribution in [3.05, 3.63) is 40.8 Å². The first-order valence-corrected chi connectivity index (χ1v) is 7.64. The third-order valence-corrected chi connectivity index (χ3v) is 3.97. The summed E-state index contributed by atoms with van der Waals surface area (Å²) >= 11 is 0. The normalized spacial score (nSPS) is 19.2. The van der Waals surface area contributed by atoms with Crippen LogP contribution in [0.4, 0.5) is 0 Å². The fraction of sp³-hybridized carbons (Fsp3) is 0.438. The van der Waals surface area contributed by atoms with Gasteiger partial charge >= 0.3 is 0 Å². The molecule has 2 heterocycles. The predicted octanol–water partition coefficient (Wildman–Crippen LogP) is 0.653. The molecule has 0 aliphatic carbocycles. The Morgan fingerprint density at radius 2 is 2.32 bits per heavy atom. The summed E-state index contributed by atoms with van der Waals surface area (Å²) in [5, 5.41) is 11.8. The number of nitrogens with zero attached hydrogens (tertiary/aromatic N) is 2. The molecule has 1 aliphatic rings. The maximum atomic E-state index is 12.4. The number of rotatable bonds is 4. The van der Waals surface area contributed by atoms with Crippen LogP contribution in [0.1, 0.15) is 19.8 Å². The van der Waals surface area contributed by atoms with Gasteiger partial charge in [-0.1, -0.05) is 18.2 Å². The van der Waals surface area contributed by atoms with Gasteiger partial charge in [0.25, 0.3) is 5.56 Å². The quantitative estimate of drug-likeness (QED) is 0.869. The summed E-state index contributed by atoms with van der Waals surface area (Å²) in [6, 6.07) is 7.12. The van der Waals surface area contributed by atoms with Crippen LogP contribution in [0.2, 0.25) is 0 Å². The third-order valence-electron chi connectivity index (χ3n) is 3.97. The Labute approximate surface area is 128 Å². The van der Waals surface area contributed by atoms with Gasteiger partial charge in [-0.25, -0.2) is 4.68 Å². The van der Waals surface area contributed by atoms with Crippen molar-refractivity contribution >= 4 is 16.7 Å². The Morgan fingerprint density at radius 3 is 3.09 bits per heavy atom. The first-order valence-electron chi connectivity index (χ1n) is 7.64. The molecule has 22 heavy (non-hydrogen) atoms. The molecule has 1 amide bonds. The zero-order valence-electron chi connectivity index (χ0n) is 12.6. The van der Waals surface area contributed by atoms with E-state index in [0.717, 1.165) is 24.8 Å². The van der Waals surface area contributed by atoms with Gasteiger partial charge in [-0.3, -0.25) is 9.59 Å². The lowest BCUT2D eigenvalue weighted by Gasteiger charge is -2.17. The number of benzene rings is 1. The van der Waals surface area contributed by atoms with Gasteiger partial charge in [0.05, 0.1) is 24.2 Å². The molecule has 0 spiro atoms. The monoisotopic (exact) mass is 300 g/mol. The molecule has 3 rings (SSSR count). The Kier molecular flexibility index (Phi) is 4.20. The topological polar surface area (TPSA) is 76.0 Å². The second kappa shape index (κ2) is 6.27. The molecule has 1 aromatic heterocycles. The molecule has 1 fully saturated rings. The second-order valence-electron chi connectivity index (χ2n) is 5.78. The Balaban J connectivity index is 1.71. The number of amides is 1. The largest absolute Gasteiger partial charge is 0.350 e. The summed E-state index contributed by atoms with van der Waals surface area (Å²) in [6.45, 7) is 3.14. The molecule has 2 aromatic rings. The van der Waals surface area contributed by atoms with Gasteiger partial charge in [0.1, 0.15) is 0 Å². The summed E-state index contributed by atoms with van der Waals surface area (Å²) < 4.78 is 1.41. The lowest BCUT2D eigenvalue weighted by molar-refractivity contribution is -0.123. The van der Waals surface area contributed by atoms with Crippen LogP contribution >= 0.6 is 0 Å². The minimum absolute atomic E-state index is 0.00108. The van der Waals surface area contributed by atoms with E-state index < -0.39 is 0 Å². The first-order chi connectivity index (χ1) is 10.6. The highest BCUT2D eigenvalue weighted by Gasteiger charge is 2.23. The highest BCUT2D eigenvalue weighted by Crippen LogP contribution is 2.07. The van der Waals surface area contributed by atoms with E-state index in [4.69, 9.17) is 0 Å². The van der Waals surface area contributed by atoms with E-state index in [1.165, 1.54) is 4.68 Å². The van der Waals surface area contributed by atoms with Crippen LogP contribution in [0, 0.1) is 0 Å². The highest BCUT2D eigenvalue weighted by molar-refractivity contribution is 5.82. The van der Waals surface area contributed by atoms with E-state index in [1.54, 1.807) is 12.3 Å². The van der Waals surface area contributed by atoms with Crippen molar-refractivity contribution < 1.29 is 4.79 Å². The van der Waals surface area contributed by atoms with Crippen LogP contribution in [0.5, 0.6) is 0 Å². The van der Waals surface area contributed by atoms with Crippen molar-refractivity contribution in [3.63, 3.8) is 0 Å². The molecule has 1 aliphatic heterocycles. The van der Waals surface area contributed by atoms with Gasteiger partial charge < -0.3 is 10.6 Å². The summed E-state index contributed by atoms with van der Waals surface area (Å²) in [6.07, 6.45) is 3.58. The number of nitrogens with one attached hydrogen (secondary N) is 2. The van der Waals surface area contributed by atoms with Gasteiger partial charge in [-0.15, -0.1) is 0 Å². The predicted molar refractivity (Wildman–Crippen MR) is 84.6 cm³/mol. The summed E-state index contributed by atoms with van der Waals surface area (Å²) in [5.41, 5.74) is -0.127. The smallest absolute Gasteiger partial charge is 0.274 e. The van der Waals surface area contributed by atoms with E-state index in [9.17, 15) is 9.59 Å². The second-order valence-corrected chi connectivity index (χ2v) is 5.78. The number of carbonyl (C=O) groups excluding carboxylic acids is 1. The van der Waals surface area contributed by atoms with E-state index in [-0.39, 0.29) is 23.6 Å². The minimum atomic E-state index is -0.152. The van der Waals surface area contributed by atoms with E-state index in [1.807, 2.05) is 25.1 Å². The number of fused-ring (bicyclic) bond motifs is 1. The highest BCUT2D eigenvalue weighted by atomic mass is 16.2. The molecule has 116 valence electrons. The zero-order valence-corrected chi connectivity index (χ0v) is 12.6. The van der Waals surface area contributed by atoms with Crippen LogP contribution in [0.25, 0.3) is 10.8 Å². The Bertz CT molecular complexity index is 734. The van der Waals surface area contributed by atoms with Crippen LogP contribution in [-0.4, -0.2) is 34.3 Å². The van der Waals surface area contributed by atoms with Crippen molar-refractivity contribution in [1.29, 1.82) is 0 Å². The fourth-order valence-corrected chi connectivity index (χ4v) is 2.81. The third kappa shape index (κ3) is 3.01. The van der Waals surface area contributed by atoms with E-state index in [0.29, 0.717) is 11.9 Å². The Morgan fingerprint density at radius 1 is 1.50 bits per heavy atom. The van der Waals surface area contributed by atoms with Gasteiger partial charge in [-0.05, 0) is 32.4 Å². The van der Waals surface area contributed by atoms with Crippen molar-refractivity contribution in [1.82, 2.24) is 20.4 Å². The molecule has 6 heteroatoms. The molecular weight excluding hydrogens is 280 g/mol. The van der Waals surface area contributed by atoms with Gasteiger partial charge in [0, 0.05) is 11.4 Å². The summed E-state index contributed by atoms with van der Waals surface area (Å²) in [4.78, 5) is 24.4. The van der Waals surface area contributed by atoms with E-state index in [2.05, 4.69) is 15.7 Å². The van der Waals surface area contributed by atoms with Crippen molar-refractivity contribution in [2.24, 2.45) is 0 Å². The molecule has 1 aromatic carbocycles. The molecule has 2 unspecified atom stereocenters. The molecule has 1 saturated heterocycles. The first kappa shape index (κ1) is 14.7. The molecular formula is C16H20N4O2. The Hall–Kier alpha value is -2.21. The van der Waals surface area contributed by atoms with Crippen LogP contribution in [0.3, 0.4) is 0 Å². The lowest BCUT2D eigenvalue weighted by Crippen LogP contribution is -2.46. The molecule has 2 atom stereocenters. The van der Waals surface area contributed by atoms with Gasteiger partial charge in [0.2, 0.25) is 5.91 Å². The molecule has 0 saturated carbocycles. The van der Waals surface area contributed by atoms with Gasteiger partial charge in [-0.2, -0.15) is 5.10 Å². The zero-order chi connectivity index (χ0) is 15.5. The minimum Gasteiger partial charge on any atom is -0.350 e. The van der Waals surface area contributed by atoms with Crippen molar-refractivity contribution in [2.45, 2.75) is 38.4 Å². The van der Waals surface area contributed by atoms with Crippen molar-refractivity contribution in [2.75, 3.05) is 6.54 Å². The standard InChI is InChI=1S/C16H20N4O2/c1-11(19-15(21)14-7-4-8-17-14)10-20-16(22)13-6-3-2-5-12(13)9-18-20/h2-3,5-6,9,11,14,17H,4,7-8,10H2,1H3,(H,19,21). The number of hydrogen-bond acceptors (Lipinski definition) is 4. The van der Waals surface area contributed by atoms with E-state index >= 15 is 0 Å². The maximum absolute atomic E-state index is 12.4.